The van der Waals surface area contributed by atoms with Crippen LogP contribution in [-0.2, 0) is 9.59 Å². The summed E-state index contributed by atoms with van der Waals surface area (Å²) >= 11 is 0. The summed E-state index contributed by atoms with van der Waals surface area (Å²) in [6.45, 7) is 2.62. The summed E-state index contributed by atoms with van der Waals surface area (Å²) in [5.74, 6) is 1.57. The van der Waals surface area contributed by atoms with E-state index in [-0.39, 0.29) is 18.4 Å². The number of piperidine rings is 1. The Bertz CT molecular complexity index is 357. The van der Waals surface area contributed by atoms with Crippen molar-refractivity contribution in [2.75, 3.05) is 40.3 Å². The lowest BCUT2D eigenvalue weighted by Crippen LogP contribution is -2.47. The largest absolute Gasteiger partial charge is 0.347 e. The first kappa shape index (κ1) is 15.3. The van der Waals surface area contributed by atoms with E-state index >= 15 is 0 Å². The van der Waals surface area contributed by atoms with Gasteiger partial charge in [0.05, 0.1) is 13.1 Å². The molecule has 1 heterocycles. The van der Waals surface area contributed by atoms with Gasteiger partial charge in [-0.2, -0.15) is 0 Å². The molecule has 0 bridgehead atoms. The minimum atomic E-state index is -0.0654. The van der Waals surface area contributed by atoms with Crippen molar-refractivity contribution in [3.05, 3.63) is 0 Å². The van der Waals surface area contributed by atoms with Gasteiger partial charge in [-0.25, -0.2) is 0 Å². The van der Waals surface area contributed by atoms with Gasteiger partial charge in [0.2, 0.25) is 11.8 Å². The maximum atomic E-state index is 11.9. The van der Waals surface area contributed by atoms with Crippen molar-refractivity contribution in [2.45, 2.75) is 32.1 Å². The molecule has 0 aromatic heterocycles. The van der Waals surface area contributed by atoms with Crippen molar-refractivity contribution >= 4 is 11.8 Å². The molecule has 2 atom stereocenters. The Morgan fingerprint density at radius 3 is 2.55 bits per heavy atom. The molecule has 2 aliphatic rings. The smallest absolute Gasteiger partial charge is 0.241 e. The first-order valence-corrected chi connectivity index (χ1v) is 7.75. The van der Waals surface area contributed by atoms with Crippen molar-refractivity contribution in [3.8, 4) is 0 Å². The number of likely N-dealkylation sites (tertiary alicyclic amines) is 1. The highest BCUT2D eigenvalue weighted by Gasteiger charge is 2.31. The lowest BCUT2D eigenvalue weighted by Gasteiger charge is -2.41. The van der Waals surface area contributed by atoms with Gasteiger partial charge >= 0.3 is 0 Å². The van der Waals surface area contributed by atoms with E-state index in [1.165, 1.54) is 37.0 Å². The molecule has 2 fully saturated rings. The SMILES string of the molecule is CN(C)C(=O)CNC(=O)CN1CC[C@@H]2CCCC[C@@H]2C1. The van der Waals surface area contributed by atoms with Gasteiger partial charge in [-0.1, -0.05) is 19.3 Å². The summed E-state index contributed by atoms with van der Waals surface area (Å²) in [4.78, 5) is 27.0. The summed E-state index contributed by atoms with van der Waals surface area (Å²) in [6.07, 6.45) is 6.66. The zero-order valence-electron chi connectivity index (χ0n) is 12.7. The second-order valence-electron chi connectivity index (χ2n) is 6.39. The molecule has 5 heteroatoms. The number of nitrogens with one attached hydrogen (secondary N) is 1. The molecular formula is C15H27N3O2. The normalized spacial score (nSPS) is 26.7. The number of fused-ring (bicyclic) bond motifs is 1. The van der Waals surface area contributed by atoms with Crippen molar-refractivity contribution in [1.82, 2.24) is 15.1 Å². The third-order valence-electron chi connectivity index (χ3n) is 4.68. The van der Waals surface area contributed by atoms with Crippen LogP contribution in [0.15, 0.2) is 0 Å². The second kappa shape index (κ2) is 7.07. The van der Waals surface area contributed by atoms with Crippen molar-refractivity contribution < 1.29 is 9.59 Å². The minimum Gasteiger partial charge on any atom is -0.347 e. The standard InChI is InChI=1S/C15H27N3O2/c1-17(2)15(20)9-16-14(19)11-18-8-7-12-5-3-4-6-13(12)10-18/h12-13H,3-11H2,1-2H3,(H,16,19)/t12-,13+/m0/s1. The van der Waals surface area contributed by atoms with Crippen LogP contribution in [0.5, 0.6) is 0 Å². The molecule has 1 N–H and O–H groups in total. The molecule has 1 saturated heterocycles. The Morgan fingerprint density at radius 2 is 1.85 bits per heavy atom. The lowest BCUT2D eigenvalue weighted by atomic mass is 9.75. The Hall–Kier alpha value is -1.10. The van der Waals surface area contributed by atoms with Crippen LogP contribution in [0.2, 0.25) is 0 Å². The number of rotatable bonds is 4. The molecule has 114 valence electrons. The van der Waals surface area contributed by atoms with Crippen LogP contribution >= 0.6 is 0 Å². The summed E-state index contributed by atoms with van der Waals surface area (Å²) in [7, 11) is 3.39. The van der Waals surface area contributed by atoms with Gasteiger partial charge in [-0.05, 0) is 31.2 Å². The fraction of sp³-hybridized carbons (Fsp3) is 0.867. The quantitative estimate of drug-likeness (QED) is 0.825. The first-order chi connectivity index (χ1) is 9.56. The summed E-state index contributed by atoms with van der Waals surface area (Å²) in [5.41, 5.74) is 0. The molecule has 2 amide bonds. The van der Waals surface area contributed by atoms with Crippen LogP contribution in [0.25, 0.3) is 0 Å². The predicted octanol–water partition coefficient (Wildman–Crippen LogP) is 0.703. The number of nitrogens with zero attached hydrogens (tertiary/aromatic N) is 2. The highest BCUT2D eigenvalue weighted by molar-refractivity contribution is 5.85. The molecular weight excluding hydrogens is 254 g/mol. The Balaban J connectivity index is 1.70. The Kier molecular flexibility index (Phi) is 5.40. The second-order valence-corrected chi connectivity index (χ2v) is 6.39. The molecule has 5 nitrogen and oxygen atoms in total. The van der Waals surface area contributed by atoms with E-state index in [1.54, 1.807) is 14.1 Å². The number of hydrogen-bond donors (Lipinski definition) is 1. The fourth-order valence-electron chi connectivity index (χ4n) is 3.41. The van der Waals surface area contributed by atoms with E-state index in [0.29, 0.717) is 6.54 Å². The van der Waals surface area contributed by atoms with Gasteiger partial charge in [-0.15, -0.1) is 0 Å². The van der Waals surface area contributed by atoms with Gasteiger partial charge in [0, 0.05) is 20.6 Å². The average Bonchev–Trinajstić information content (AvgIpc) is 2.44. The van der Waals surface area contributed by atoms with Gasteiger partial charge < -0.3 is 10.2 Å². The summed E-state index contributed by atoms with van der Waals surface area (Å²) in [6, 6.07) is 0. The minimum absolute atomic E-state index is 0.0329. The average molecular weight is 281 g/mol. The number of carbonyl (C=O) groups excluding carboxylic acids is 2. The molecule has 0 unspecified atom stereocenters. The van der Waals surface area contributed by atoms with E-state index < -0.39 is 0 Å². The van der Waals surface area contributed by atoms with Crippen LogP contribution in [-0.4, -0.2) is 61.9 Å². The third kappa shape index (κ3) is 4.20. The van der Waals surface area contributed by atoms with E-state index in [1.807, 2.05) is 0 Å². The van der Waals surface area contributed by atoms with Crippen molar-refractivity contribution in [3.63, 3.8) is 0 Å². The molecule has 0 aromatic rings. The topological polar surface area (TPSA) is 52.7 Å². The summed E-state index contributed by atoms with van der Waals surface area (Å²) in [5, 5.41) is 2.71. The van der Waals surface area contributed by atoms with Crippen LogP contribution < -0.4 is 5.32 Å². The van der Waals surface area contributed by atoms with E-state index in [4.69, 9.17) is 0 Å². The first-order valence-electron chi connectivity index (χ1n) is 7.75. The Labute approximate surface area is 121 Å². The van der Waals surface area contributed by atoms with Gasteiger partial charge in [0.25, 0.3) is 0 Å². The number of amides is 2. The Morgan fingerprint density at radius 1 is 1.15 bits per heavy atom. The zero-order valence-corrected chi connectivity index (χ0v) is 12.7. The van der Waals surface area contributed by atoms with Crippen molar-refractivity contribution in [1.29, 1.82) is 0 Å². The maximum absolute atomic E-state index is 11.9. The highest BCUT2D eigenvalue weighted by atomic mass is 16.2. The van der Waals surface area contributed by atoms with Gasteiger partial charge in [-0.3, -0.25) is 14.5 Å². The monoisotopic (exact) mass is 281 g/mol. The number of likely N-dealkylation sites (N-methyl/N-ethyl adjacent to an activating group) is 1. The van der Waals surface area contributed by atoms with Crippen molar-refractivity contribution in [2.24, 2.45) is 11.8 Å². The van der Waals surface area contributed by atoms with Crippen LogP contribution in [0.4, 0.5) is 0 Å². The fourth-order valence-corrected chi connectivity index (χ4v) is 3.41. The van der Waals surface area contributed by atoms with E-state index in [0.717, 1.165) is 24.9 Å². The molecule has 1 aliphatic heterocycles. The van der Waals surface area contributed by atoms with E-state index in [9.17, 15) is 9.59 Å². The van der Waals surface area contributed by atoms with Gasteiger partial charge in [0.15, 0.2) is 0 Å². The molecule has 2 rings (SSSR count). The predicted molar refractivity (Wildman–Crippen MR) is 78.2 cm³/mol. The highest BCUT2D eigenvalue weighted by Crippen LogP contribution is 2.35. The molecule has 1 saturated carbocycles. The molecule has 0 aromatic carbocycles. The molecule has 0 spiro atoms. The number of hydrogen-bond acceptors (Lipinski definition) is 3. The maximum Gasteiger partial charge on any atom is 0.241 e. The van der Waals surface area contributed by atoms with Crippen LogP contribution in [0, 0.1) is 11.8 Å². The number of carbonyl (C=O) groups is 2. The zero-order chi connectivity index (χ0) is 14.5. The lowest BCUT2D eigenvalue weighted by molar-refractivity contribution is -0.131. The van der Waals surface area contributed by atoms with Crippen LogP contribution in [0.3, 0.4) is 0 Å². The molecule has 20 heavy (non-hydrogen) atoms. The van der Waals surface area contributed by atoms with Crippen LogP contribution in [0.1, 0.15) is 32.1 Å². The molecule has 1 aliphatic carbocycles. The van der Waals surface area contributed by atoms with Gasteiger partial charge in [0.1, 0.15) is 0 Å². The summed E-state index contributed by atoms with van der Waals surface area (Å²) < 4.78 is 0. The molecule has 0 radical (unpaired) electrons. The third-order valence-corrected chi connectivity index (χ3v) is 4.68. The van der Waals surface area contributed by atoms with E-state index in [2.05, 4.69) is 10.2 Å².